The van der Waals surface area contributed by atoms with Crippen LogP contribution in [0, 0.1) is 7.05 Å². The van der Waals surface area contributed by atoms with Gasteiger partial charge in [0.2, 0.25) is 0 Å². The number of rotatable bonds is 11. The lowest BCUT2D eigenvalue weighted by Gasteiger charge is -2.22. The van der Waals surface area contributed by atoms with Crippen molar-refractivity contribution in [3.8, 4) is 0 Å². The summed E-state index contributed by atoms with van der Waals surface area (Å²) in [5.41, 5.74) is 0. The van der Waals surface area contributed by atoms with Crippen molar-refractivity contribution in [3.05, 3.63) is 7.05 Å². The summed E-state index contributed by atoms with van der Waals surface area (Å²) in [4.78, 5) is 0. The second-order valence-corrected chi connectivity index (χ2v) is 5.84. The molecule has 0 N–H and O–H groups in total. The molecule has 1 heteroatoms. The molecule has 1 radical (unpaired) electrons. The molecule has 0 amide bonds. The van der Waals surface area contributed by atoms with Gasteiger partial charge in [-0.05, 0) is 12.8 Å². The molecule has 0 aromatic carbocycles. The average molecular weight is 227 g/mol. The summed E-state index contributed by atoms with van der Waals surface area (Å²) in [7, 11) is 8.43. The van der Waals surface area contributed by atoms with E-state index in [0.29, 0.717) is 0 Å². The van der Waals surface area contributed by atoms with Crippen LogP contribution in [0.5, 0.6) is 0 Å². The highest BCUT2D eigenvalue weighted by Gasteiger charge is 2.05. The van der Waals surface area contributed by atoms with Gasteiger partial charge in [-0.25, -0.2) is 0 Å². The molecule has 1 nitrogen and oxygen atoms in total. The molecule has 0 heterocycles. The molecule has 0 aromatic heterocycles. The smallest absolute Gasteiger partial charge is 0.128 e. The maximum absolute atomic E-state index is 4.08. The van der Waals surface area contributed by atoms with Gasteiger partial charge in [-0.2, -0.15) is 0 Å². The summed E-state index contributed by atoms with van der Waals surface area (Å²) in [6, 6.07) is 0. The molecule has 0 aliphatic heterocycles. The zero-order valence-electron chi connectivity index (χ0n) is 11.9. The van der Waals surface area contributed by atoms with Gasteiger partial charge in [0, 0.05) is 0 Å². The molecule has 0 unspecified atom stereocenters. The molecule has 0 aromatic rings. The van der Waals surface area contributed by atoms with E-state index in [4.69, 9.17) is 0 Å². The largest absolute Gasteiger partial charge is 0.324 e. The van der Waals surface area contributed by atoms with E-state index in [-0.39, 0.29) is 0 Å². The number of unbranched alkanes of at least 4 members (excludes halogenated alkanes) is 9. The zero-order chi connectivity index (χ0) is 12.3. The molecule has 0 rings (SSSR count). The Bertz CT molecular complexity index is 135. The van der Waals surface area contributed by atoms with E-state index in [9.17, 15) is 0 Å². The standard InChI is InChI=1S/C15H33N/c1-5-6-7-8-9-10-11-12-13-14-15-16(2,3)4/h2,5-15H2,1,3-4H3/q+1. The minimum absolute atomic E-state index is 0.872. The summed E-state index contributed by atoms with van der Waals surface area (Å²) in [5.74, 6) is 0. The number of nitrogens with zero attached hydrogens (tertiary/aromatic N) is 1. The molecule has 16 heavy (non-hydrogen) atoms. The van der Waals surface area contributed by atoms with Gasteiger partial charge in [-0.1, -0.05) is 58.3 Å². The van der Waals surface area contributed by atoms with Crippen LogP contribution in [-0.2, 0) is 0 Å². The molecule has 0 saturated carbocycles. The monoisotopic (exact) mass is 227 g/mol. The van der Waals surface area contributed by atoms with Gasteiger partial charge in [0.1, 0.15) is 7.05 Å². The Labute approximate surface area is 104 Å². The van der Waals surface area contributed by atoms with E-state index in [1.165, 1.54) is 70.8 Å². The van der Waals surface area contributed by atoms with Crippen LogP contribution >= 0.6 is 0 Å². The maximum atomic E-state index is 4.08. The van der Waals surface area contributed by atoms with Crippen LogP contribution in [0.25, 0.3) is 0 Å². The predicted octanol–water partition coefficient (Wildman–Crippen LogP) is 4.78. The molecule has 0 saturated heterocycles. The molecule has 97 valence electrons. The van der Waals surface area contributed by atoms with Crippen molar-refractivity contribution in [2.45, 2.75) is 71.1 Å². The minimum atomic E-state index is 0.872. The van der Waals surface area contributed by atoms with Gasteiger partial charge >= 0.3 is 0 Å². The quantitative estimate of drug-likeness (QED) is 0.352. The van der Waals surface area contributed by atoms with E-state index < -0.39 is 0 Å². The second kappa shape index (κ2) is 10.1. The lowest BCUT2D eigenvalue weighted by Crippen LogP contribution is -2.32. The molecule has 0 aliphatic carbocycles. The Kier molecular flexibility index (Phi) is 10.1. The maximum Gasteiger partial charge on any atom is 0.128 e. The highest BCUT2D eigenvalue weighted by atomic mass is 15.3. The normalized spacial score (nSPS) is 12.0. The van der Waals surface area contributed by atoms with Crippen LogP contribution in [-0.4, -0.2) is 25.1 Å². The lowest BCUT2D eigenvalue weighted by molar-refractivity contribution is -0.845. The number of hydrogen-bond acceptors (Lipinski definition) is 0. The van der Waals surface area contributed by atoms with Crippen LogP contribution in [0.4, 0.5) is 0 Å². The van der Waals surface area contributed by atoms with Crippen molar-refractivity contribution in [3.63, 3.8) is 0 Å². The molecule has 0 atom stereocenters. The molecular formula is C15H33N+. The fourth-order valence-electron chi connectivity index (χ4n) is 2.03. The van der Waals surface area contributed by atoms with Crippen molar-refractivity contribution >= 4 is 0 Å². The molecule has 0 fully saturated rings. The molecule has 0 aliphatic rings. The fourth-order valence-corrected chi connectivity index (χ4v) is 2.03. The van der Waals surface area contributed by atoms with Gasteiger partial charge in [-0.15, -0.1) is 0 Å². The van der Waals surface area contributed by atoms with Gasteiger partial charge in [-0.3, -0.25) is 0 Å². The van der Waals surface area contributed by atoms with Crippen LogP contribution in [0.15, 0.2) is 0 Å². The third kappa shape index (κ3) is 14.0. The lowest BCUT2D eigenvalue weighted by atomic mass is 10.1. The zero-order valence-corrected chi connectivity index (χ0v) is 11.9. The Morgan fingerprint density at radius 1 is 0.688 bits per heavy atom. The Hall–Kier alpha value is -0.0400. The summed E-state index contributed by atoms with van der Waals surface area (Å²) < 4.78 is 0.872. The second-order valence-electron chi connectivity index (χ2n) is 5.84. The Balaban J connectivity index is 2.99. The van der Waals surface area contributed by atoms with Gasteiger partial charge in [0.05, 0.1) is 20.6 Å². The number of quaternary nitrogens is 1. The van der Waals surface area contributed by atoms with Crippen LogP contribution < -0.4 is 0 Å². The molecule has 0 bridgehead atoms. The van der Waals surface area contributed by atoms with E-state index in [2.05, 4.69) is 28.1 Å². The van der Waals surface area contributed by atoms with Crippen molar-refractivity contribution in [2.24, 2.45) is 0 Å². The fraction of sp³-hybridized carbons (Fsp3) is 0.933. The van der Waals surface area contributed by atoms with Crippen molar-refractivity contribution in [1.82, 2.24) is 0 Å². The average Bonchev–Trinajstić information content (AvgIpc) is 2.19. The van der Waals surface area contributed by atoms with Crippen LogP contribution in [0.1, 0.15) is 71.1 Å². The van der Waals surface area contributed by atoms with Gasteiger partial charge in [0.25, 0.3) is 0 Å². The van der Waals surface area contributed by atoms with Crippen LogP contribution in [0.2, 0.25) is 0 Å². The van der Waals surface area contributed by atoms with Crippen molar-refractivity contribution in [1.29, 1.82) is 0 Å². The summed E-state index contributed by atoms with van der Waals surface area (Å²) in [6.45, 7) is 3.50. The first kappa shape index (κ1) is 16.0. The topological polar surface area (TPSA) is 0 Å². The predicted molar refractivity (Wildman–Crippen MR) is 74.2 cm³/mol. The Morgan fingerprint density at radius 3 is 1.44 bits per heavy atom. The van der Waals surface area contributed by atoms with E-state index in [0.717, 1.165) is 4.48 Å². The highest BCUT2D eigenvalue weighted by Crippen LogP contribution is 2.11. The highest BCUT2D eigenvalue weighted by molar-refractivity contribution is 4.47. The summed E-state index contributed by atoms with van der Waals surface area (Å²) in [5, 5.41) is 0. The van der Waals surface area contributed by atoms with Crippen LogP contribution in [0.3, 0.4) is 0 Å². The Morgan fingerprint density at radius 2 is 1.06 bits per heavy atom. The van der Waals surface area contributed by atoms with Crippen molar-refractivity contribution in [2.75, 3.05) is 20.6 Å². The molecular weight excluding hydrogens is 194 g/mol. The minimum Gasteiger partial charge on any atom is -0.324 e. The molecule has 0 spiro atoms. The third-order valence-electron chi connectivity index (χ3n) is 3.12. The SMILES string of the molecule is [CH2][N+](C)(C)CCCCCCCCCCCC. The first-order valence-electron chi connectivity index (χ1n) is 7.23. The first-order chi connectivity index (χ1) is 7.56. The first-order valence-corrected chi connectivity index (χ1v) is 7.23. The van der Waals surface area contributed by atoms with E-state index in [1.54, 1.807) is 0 Å². The van der Waals surface area contributed by atoms with E-state index in [1.807, 2.05) is 0 Å². The van der Waals surface area contributed by atoms with Gasteiger partial charge in [0.15, 0.2) is 0 Å². The van der Waals surface area contributed by atoms with E-state index >= 15 is 0 Å². The summed E-state index contributed by atoms with van der Waals surface area (Å²) in [6.07, 6.45) is 14.2. The van der Waals surface area contributed by atoms with Crippen molar-refractivity contribution < 1.29 is 4.48 Å². The number of hydrogen-bond donors (Lipinski definition) is 0. The third-order valence-corrected chi connectivity index (χ3v) is 3.12. The summed E-state index contributed by atoms with van der Waals surface area (Å²) >= 11 is 0. The van der Waals surface area contributed by atoms with Gasteiger partial charge < -0.3 is 4.48 Å².